The van der Waals surface area contributed by atoms with Gasteiger partial charge >= 0.3 is 5.97 Å². The van der Waals surface area contributed by atoms with E-state index in [0.29, 0.717) is 5.56 Å². The highest BCUT2D eigenvalue weighted by Crippen LogP contribution is 2.25. The van der Waals surface area contributed by atoms with E-state index in [-0.39, 0.29) is 17.9 Å². The molecule has 140 valence electrons. The Morgan fingerprint density at radius 3 is 2.32 bits per heavy atom. The summed E-state index contributed by atoms with van der Waals surface area (Å²) in [6.07, 6.45) is -0.678. The summed E-state index contributed by atoms with van der Waals surface area (Å²) in [7, 11) is 0. The lowest BCUT2D eigenvalue weighted by atomic mass is 10.0. The van der Waals surface area contributed by atoms with E-state index in [2.05, 4.69) is 5.32 Å². The van der Waals surface area contributed by atoms with Crippen LogP contribution in [0.4, 0.5) is 0 Å². The Labute approximate surface area is 146 Å². The molecule has 0 radical (unpaired) electrons. The van der Waals surface area contributed by atoms with Crippen molar-refractivity contribution in [3.8, 4) is 11.5 Å². The molecule has 1 amide bonds. The van der Waals surface area contributed by atoms with Gasteiger partial charge < -0.3 is 31.1 Å². The third kappa shape index (κ3) is 6.60. The lowest BCUT2D eigenvalue weighted by Crippen LogP contribution is -2.54. The van der Waals surface area contributed by atoms with Crippen LogP contribution in [0.15, 0.2) is 18.2 Å². The molecule has 1 aromatic carbocycles. The second kappa shape index (κ2) is 8.17. The number of carbonyl (C=O) groups is 2. The van der Waals surface area contributed by atoms with E-state index in [9.17, 15) is 24.9 Å². The van der Waals surface area contributed by atoms with Crippen LogP contribution >= 0.6 is 0 Å². The molecule has 0 bridgehead atoms. The fourth-order valence-corrected chi connectivity index (χ4v) is 2.24. The fraction of sp³-hybridized carbons (Fsp3) is 0.529. The van der Waals surface area contributed by atoms with Gasteiger partial charge in [-0.1, -0.05) is 6.07 Å². The van der Waals surface area contributed by atoms with Crippen molar-refractivity contribution in [1.29, 1.82) is 0 Å². The lowest BCUT2D eigenvalue weighted by molar-refractivity contribution is -0.143. The molecule has 0 aliphatic heterocycles. The smallest absolute Gasteiger partial charge is 0.326 e. The van der Waals surface area contributed by atoms with Crippen LogP contribution in [0.2, 0.25) is 0 Å². The second-order valence-corrected chi connectivity index (χ2v) is 6.89. The number of phenolic OH excluding ortho intramolecular Hbond substituents is 2. The maximum atomic E-state index is 12.2. The Hall–Kier alpha value is -2.32. The van der Waals surface area contributed by atoms with Crippen LogP contribution in [-0.4, -0.2) is 51.0 Å². The number of amides is 1. The Morgan fingerprint density at radius 2 is 1.84 bits per heavy atom. The molecular weight excluding hydrogens is 328 g/mol. The van der Waals surface area contributed by atoms with E-state index in [0.717, 1.165) is 0 Å². The molecule has 0 heterocycles. The Balaban J connectivity index is 2.78. The normalized spacial score (nSPS) is 15.2. The highest BCUT2D eigenvalue weighted by Gasteiger charge is 2.29. The molecule has 0 aromatic heterocycles. The summed E-state index contributed by atoms with van der Waals surface area (Å²) in [5.74, 6) is -2.56. The third-order valence-corrected chi connectivity index (χ3v) is 3.44. The first-order chi connectivity index (χ1) is 11.4. The highest BCUT2D eigenvalue weighted by atomic mass is 16.5. The molecule has 0 aliphatic rings. The summed E-state index contributed by atoms with van der Waals surface area (Å²) in [6, 6.07) is 1.68. The molecule has 1 rings (SSSR count). The number of nitrogens with one attached hydrogen (secondary N) is 1. The molecule has 25 heavy (non-hydrogen) atoms. The zero-order chi connectivity index (χ0) is 19.4. The maximum absolute atomic E-state index is 12.2. The van der Waals surface area contributed by atoms with Gasteiger partial charge in [-0.2, -0.15) is 0 Å². The maximum Gasteiger partial charge on any atom is 0.326 e. The molecule has 0 aliphatic carbocycles. The number of hydrogen-bond acceptors (Lipinski definition) is 6. The van der Waals surface area contributed by atoms with E-state index >= 15 is 0 Å². The second-order valence-electron chi connectivity index (χ2n) is 6.89. The third-order valence-electron chi connectivity index (χ3n) is 3.44. The van der Waals surface area contributed by atoms with Crippen LogP contribution in [0.3, 0.4) is 0 Å². The molecular formula is C17H26N2O6. The van der Waals surface area contributed by atoms with E-state index in [1.165, 1.54) is 18.2 Å². The van der Waals surface area contributed by atoms with Gasteiger partial charge in [0.25, 0.3) is 0 Å². The number of benzene rings is 1. The van der Waals surface area contributed by atoms with Crippen molar-refractivity contribution in [3.63, 3.8) is 0 Å². The van der Waals surface area contributed by atoms with Crippen molar-refractivity contribution in [2.24, 2.45) is 5.73 Å². The van der Waals surface area contributed by atoms with Gasteiger partial charge in [0.15, 0.2) is 11.5 Å². The number of aromatic hydroxyl groups is 2. The summed E-state index contributed by atoms with van der Waals surface area (Å²) in [5, 5.41) is 30.5. The predicted octanol–water partition coefficient (Wildman–Crippen LogP) is 0.741. The van der Waals surface area contributed by atoms with Gasteiger partial charge in [-0.25, -0.2) is 4.79 Å². The van der Waals surface area contributed by atoms with Gasteiger partial charge in [0, 0.05) is 6.42 Å². The van der Waals surface area contributed by atoms with Crippen molar-refractivity contribution in [1.82, 2.24) is 5.32 Å². The van der Waals surface area contributed by atoms with Crippen LogP contribution < -0.4 is 11.1 Å². The zero-order valence-corrected chi connectivity index (χ0v) is 14.8. The van der Waals surface area contributed by atoms with Gasteiger partial charge in [-0.3, -0.25) is 4.79 Å². The summed E-state index contributed by atoms with van der Waals surface area (Å²) < 4.78 is 5.62. The van der Waals surface area contributed by atoms with Crippen molar-refractivity contribution < 1.29 is 29.6 Å². The van der Waals surface area contributed by atoms with Crippen LogP contribution in [0, 0.1) is 0 Å². The number of carboxylic acids is 1. The van der Waals surface area contributed by atoms with Crippen molar-refractivity contribution in [2.45, 2.75) is 57.9 Å². The lowest BCUT2D eigenvalue weighted by Gasteiger charge is -2.29. The molecule has 0 unspecified atom stereocenters. The van der Waals surface area contributed by atoms with Crippen molar-refractivity contribution in [2.75, 3.05) is 0 Å². The first kappa shape index (κ1) is 20.7. The Morgan fingerprint density at radius 1 is 1.24 bits per heavy atom. The minimum atomic E-state index is -1.24. The average Bonchev–Trinajstić information content (AvgIpc) is 2.47. The Bertz CT molecular complexity index is 626. The average molecular weight is 354 g/mol. The number of rotatable bonds is 7. The van der Waals surface area contributed by atoms with Crippen LogP contribution in [0.25, 0.3) is 0 Å². The molecule has 8 nitrogen and oxygen atoms in total. The van der Waals surface area contributed by atoms with Gasteiger partial charge in [0.2, 0.25) is 5.91 Å². The molecule has 0 saturated carbocycles. The molecule has 8 heteroatoms. The SMILES string of the molecule is C[C@@H](OC(C)(C)C)[C@H](N)C(=O)N[C@@H](Cc1ccc(O)c(O)c1)C(=O)O. The van der Waals surface area contributed by atoms with Gasteiger partial charge in [0.1, 0.15) is 12.1 Å². The van der Waals surface area contributed by atoms with E-state index in [1.807, 2.05) is 20.8 Å². The number of ether oxygens (including phenoxy) is 1. The molecule has 1 aromatic rings. The summed E-state index contributed by atoms with van der Waals surface area (Å²) in [5.41, 5.74) is 5.80. The first-order valence-electron chi connectivity index (χ1n) is 7.88. The minimum Gasteiger partial charge on any atom is -0.504 e. The topological polar surface area (TPSA) is 142 Å². The van der Waals surface area contributed by atoms with Crippen molar-refractivity contribution in [3.05, 3.63) is 23.8 Å². The van der Waals surface area contributed by atoms with E-state index < -0.39 is 35.7 Å². The quantitative estimate of drug-likeness (QED) is 0.455. The zero-order valence-electron chi connectivity index (χ0n) is 14.8. The summed E-state index contributed by atoms with van der Waals surface area (Å²) >= 11 is 0. The number of nitrogens with two attached hydrogens (primary N) is 1. The largest absolute Gasteiger partial charge is 0.504 e. The number of carbonyl (C=O) groups excluding carboxylic acids is 1. The molecule has 3 atom stereocenters. The van der Waals surface area contributed by atoms with Crippen molar-refractivity contribution >= 4 is 11.9 Å². The number of phenols is 2. The van der Waals surface area contributed by atoms with E-state index in [1.54, 1.807) is 6.92 Å². The first-order valence-corrected chi connectivity index (χ1v) is 7.88. The number of aliphatic carboxylic acids is 1. The Kier molecular flexibility index (Phi) is 6.78. The molecule has 0 spiro atoms. The van der Waals surface area contributed by atoms with Gasteiger partial charge in [-0.15, -0.1) is 0 Å². The minimum absolute atomic E-state index is 0.0733. The summed E-state index contributed by atoms with van der Waals surface area (Å²) in [6.45, 7) is 7.12. The number of carboxylic acid groups (broad SMARTS) is 1. The van der Waals surface area contributed by atoms with Gasteiger partial charge in [-0.05, 0) is 45.4 Å². The van der Waals surface area contributed by atoms with E-state index in [4.69, 9.17) is 10.5 Å². The fourth-order valence-electron chi connectivity index (χ4n) is 2.24. The predicted molar refractivity (Wildman–Crippen MR) is 91.3 cm³/mol. The number of hydrogen-bond donors (Lipinski definition) is 5. The van der Waals surface area contributed by atoms with Crippen LogP contribution in [-0.2, 0) is 20.7 Å². The monoisotopic (exact) mass is 354 g/mol. The van der Waals surface area contributed by atoms with Crippen LogP contribution in [0.5, 0.6) is 11.5 Å². The molecule has 0 saturated heterocycles. The molecule has 6 N–H and O–H groups in total. The summed E-state index contributed by atoms with van der Waals surface area (Å²) in [4.78, 5) is 23.6. The highest BCUT2D eigenvalue weighted by molar-refractivity contribution is 5.87. The van der Waals surface area contributed by atoms with Gasteiger partial charge in [0.05, 0.1) is 11.7 Å². The standard InChI is InChI=1S/C17H26N2O6/c1-9(25-17(2,3)4)14(18)15(22)19-11(16(23)24)7-10-5-6-12(20)13(21)8-10/h5-6,8-9,11,14,20-21H,7,18H2,1-4H3,(H,19,22)(H,23,24)/t9-,11+,14+/m1/s1. The van der Waals surface area contributed by atoms with Crippen LogP contribution in [0.1, 0.15) is 33.3 Å². The molecule has 0 fully saturated rings.